The molecule has 0 heterocycles. The maximum atomic E-state index is 12.5. The van der Waals surface area contributed by atoms with Crippen molar-refractivity contribution in [3.8, 4) is 0 Å². The van der Waals surface area contributed by atoms with Gasteiger partial charge in [-0.2, -0.15) is 0 Å². The summed E-state index contributed by atoms with van der Waals surface area (Å²) in [4.78, 5) is 24.6. The highest BCUT2D eigenvalue weighted by molar-refractivity contribution is 6.09. The second-order valence-electron chi connectivity index (χ2n) is 6.09. The lowest BCUT2D eigenvalue weighted by Crippen LogP contribution is -2.14. The molecule has 0 aliphatic rings. The number of ether oxygens (including phenoxy) is 4. The molecule has 0 bridgehead atoms. The van der Waals surface area contributed by atoms with E-state index in [0.29, 0.717) is 49.7 Å². The van der Waals surface area contributed by atoms with E-state index in [1.54, 1.807) is 43.5 Å². The number of benzene rings is 2. The molecular formula is C22H27NO6. The summed E-state index contributed by atoms with van der Waals surface area (Å²) in [6.07, 6.45) is 0. The molecule has 0 unspecified atom stereocenters. The van der Waals surface area contributed by atoms with Gasteiger partial charge >= 0.3 is 5.97 Å². The standard InChI is InChI=1S/C22H27NO6/c1-23-20-9-7-18(8-10-20)21(24)17-3-5-19(6-4-17)22(25)29-16-15-28-14-13-27-12-11-26-2/h3-10,23H,11-16H2,1-2H3. The fourth-order valence-corrected chi connectivity index (χ4v) is 2.45. The van der Waals surface area contributed by atoms with E-state index in [4.69, 9.17) is 18.9 Å². The van der Waals surface area contributed by atoms with E-state index in [9.17, 15) is 9.59 Å². The van der Waals surface area contributed by atoms with Crippen LogP contribution in [-0.2, 0) is 18.9 Å². The molecule has 0 saturated heterocycles. The van der Waals surface area contributed by atoms with E-state index in [0.717, 1.165) is 5.69 Å². The zero-order valence-electron chi connectivity index (χ0n) is 16.8. The molecule has 0 radical (unpaired) electrons. The summed E-state index contributed by atoms with van der Waals surface area (Å²) in [6.45, 7) is 2.39. The molecular weight excluding hydrogens is 374 g/mol. The van der Waals surface area contributed by atoms with Crippen LogP contribution in [0.15, 0.2) is 48.5 Å². The molecule has 1 N–H and O–H groups in total. The van der Waals surface area contributed by atoms with Crippen LogP contribution >= 0.6 is 0 Å². The van der Waals surface area contributed by atoms with Crippen molar-refractivity contribution in [1.29, 1.82) is 0 Å². The van der Waals surface area contributed by atoms with E-state index in [1.807, 2.05) is 19.2 Å². The van der Waals surface area contributed by atoms with Crippen LogP contribution in [-0.4, -0.2) is 65.6 Å². The van der Waals surface area contributed by atoms with Crippen LogP contribution in [0.5, 0.6) is 0 Å². The van der Waals surface area contributed by atoms with Crippen LogP contribution in [0.4, 0.5) is 5.69 Å². The van der Waals surface area contributed by atoms with Crippen molar-refractivity contribution >= 4 is 17.4 Å². The Morgan fingerprint density at radius 1 is 0.724 bits per heavy atom. The number of hydrogen-bond donors (Lipinski definition) is 1. The monoisotopic (exact) mass is 401 g/mol. The predicted octanol–water partition coefficient (Wildman–Crippen LogP) is 2.80. The van der Waals surface area contributed by atoms with Crippen LogP contribution in [0, 0.1) is 0 Å². The lowest BCUT2D eigenvalue weighted by atomic mass is 10.0. The number of anilines is 1. The quantitative estimate of drug-likeness (QED) is 0.314. The average Bonchev–Trinajstić information content (AvgIpc) is 2.77. The smallest absolute Gasteiger partial charge is 0.338 e. The first-order chi connectivity index (χ1) is 14.2. The number of esters is 1. The van der Waals surface area contributed by atoms with Gasteiger partial charge in [-0.1, -0.05) is 12.1 Å². The van der Waals surface area contributed by atoms with Gasteiger partial charge < -0.3 is 24.3 Å². The first kappa shape index (κ1) is 22.5. The maximum Gasteiger partial charge on any atom is 0.338 e. The second-order valence-corrected chi connectivity index (χ2v) is 6.09. The van der Waals surface area contributed by atoms with Gasteiger partial charge in [-0.3, -0.25) is 4.79 Å². The average molecular weight is 401 g/mol. The lowest BCUT2D eigenvalue weighted by molar-refractivity contribution is 0.00570. The molecule has 0 spiro atoms. The summed E-state index contributed by atoms with van der Waals surface area (Å²) >= 11 is 0. The van der Waals surface area contributed by atoms with Gasteiger partial charge in [-0.25, -0.2) is 4.79 Å². The van der Waals surface area contributed by atoms with Crippen molar-refractivity contribution in [3.05, 3.63) is 65.2 Å². The largest absolute Gasteiger partial charge is 0.460 e. The second kappa shape index (κ2) is 12.7. The first-order valence-corrected chi connectivity index (χ1v) is 9.40. The van der Waals surface area contributed by atoms with E-state index in [1.165, 1.54) is 0 Å². The summed E-state index contributed by atoms with van der Waals surface area (Å²) in [5.74, 6) is -0.559. The summed E-state index contributed by atoms with van der Waals surface area (Å²) < 4.78 is 20.6. The van der Waals surface area contributed by atoms with Gasteiger partial charge in [0, 0.05) is 31.0 Å². The highest BCUT2D eigenvalue weighted by Gasteiger charge is 2.12. The number of carbonyl (C=O) groups excluding carboxylic acids is 2. The van der Waals surface area contributed by atoms with Gasteiger partial charge in [-0.05, 0) is 36.4 Å². The summed E-state index contributed by atoms with van der Waals surface area (Å²) in [5, 5.41) is 3.01. The van der Waals surface area contributed by atoms with Crippen molar-refractivity contribution in [2.75, 3.05) is 59.1 Å². The van der Waals surface area contributed by atoms with Gasteiger partial charge in [0.1, 0.15) is 6.61 Å². The number of carbonyl (C=O) groups is 2. The van der Waals surface area contributed by atoms with Crippen molar-refractivity contribution in [3.63, 3.8) is 0 Å². The Bertz CT molecular complexity index is 758. The third kappa shape index (κ3) is 7.65. The molecule has 2 aromatic rings. The molecule has 29 heavy (non-hydrogen) atoms. The topological polar surface area (TPSA) is 83.1 Å². The Morgan fingerprint density at radius 3 is 1.76 bits per heavy atom. The molecule has 0 aromatic heterocycles. The Hall–Kier alpha value is -2.74. The van der Waals surface area contributed by atoms with Gasteiger partial charge in [0.15, 0.2) is 5.78 Å². The Labute approximate surface area is 170 Å². The number of rotatable bonds is 13. The van der Waals surface area contributed by atoms with Crippen molar-refractivity contribution in [1.82, 2.24) is 0 Å². The predicted molar refractivity (Wildman–Crippen MR) is 110 cm³/mol. The minimum atomic E-state index is -0.456. The van der Waals surface area contributed by atoms with E-state index in [-0.39, 0.29) is 12.4 Å². The number of ketones is 1. The summed E-state index contributed by atoms with van der Waals surface area (Å²) in [7, 11) is 3.43. The molecule has 156 valence electrons. The van der Waals surface area contributed by atoms with Crippen molar-refractivity contribution < 1.29 is 28.5 Å². The van der Waals surface area contributed by atoms with E-state index < -0.39 is 5.97 Å². The normalized spacial score (nSPS) is 10.6. The number of hydrogen-bond acceptors (Lipinski definition) is 7. The highest BCUT2D eigenvalue weighted by Crippen LogP contribution is 2.14. The van der Waals surface area contributed by atoms with Gasteiger partial charge in [0.25, 0.3) is 0 Å². The van der Waals surface area contributed by atoms with Crippen molar-refractivity contribution in [2.45, 2.75) is 0 Å². The van der Waals surface area contributed by atoms with Crippen LogP contribution < -0.4 is 5.32 Å². The van der Waals surface area contributed by atoms with Crippen molar-refractivity contribution in [2.24, 2.45) is 0 Å². The van der Waals surface area contributed by atoms with Gasteiger partial charge in [-0.15, -0.1) is 0 Å². The fourth-order valence-electron chi connectivity index (χ4n) is 2.45. The van der Waals surface area contributed by atoms with Crippen LogP contribution in [0.2, 0.25) is 0 Å². The first-order valence-electron chi connectivity index (χ1n) is 9.40. The Balaban J connectivity index is 1.73. The molecule has 7 nitrogen and oxygen atoms in total. The zero-order valence-corrected chi connectivity index (χ0v) is 16.8. The third-order valence-electron chi connectivity index (χ3n) is 4.08. The molecule has 0 aliphatic heterocycles. The third-order valence-corrected chi connectivity index (χ3v) is 4.08. The Kier molecular flexibility index (Phi) is 9.85. The summed E-state index contributed by atoms with van der Waals surface area (Å²) in [5.41, 5.74) is 2.41. The number of methoxy groups -OCH3 is 1. The van der Waals surface area contributed by atoms with E-state index >= 15 is 0 Å². The molecule has 2 rings (SSSR count). The van der Waals surface area contributed by atoms with Crippen LogP contribution in [0.3, 0.4) is 0 Å². The summed E-state index contributed by atoms with van der Waals surface area (Å²) in [6, 6.07) is 13.6. The Morgan fingerprint density at radius 2 is 1.21 bits per heavy atom. The van der Waals surface area contributed by atoms with Gasteiger partial charge in [0.05, 0.1) is 38.6 Å². The molecule has 7 heteroatoms. The maximum absolute atomic E-state index is 12.5. The zero-order chi connectivity index (χ0) is 20.9. The molecule has 0 aliphatic carbocycles. The minimum absolute atomic E-state index is 0.103. The van der Waals surface area contributed by atoms with Crippen LogP contribution in [0.1, 0.15) is 26.3 Å². The minimum Gasteiger partial charge on any atom is -0.460 e. The molecule has 2 aromatic carbocycles. The van der Waals surface area contributed by atoms with Crippen LogP contribution in [0.25, 0.3) is 0 Å². The lowest BCUT2D eigenvalue weighted by Gasteiger charge is -2.07. The fraction of sp³-hybridized carbons (Fsp3) is 0.364. The molecule has 0 amide bonds. The number of nitrogens with one attached hydrogen (secondary N) is 1. The molecule has 0 fully saturated rings. The van der Waals surface area contributed by atoms with E-state index in [2.05, 4.69) is 5.32 Å². The molecule has 0 atom stereocenters. The van der Waals surface area contributed by atoms with Gasteiger partial charge in [0.2, 0.25) is 0 Å². The highest BCUT2D eigenvalue weighted by atomic mass is 16.6. The SMILES string of the molecule is CNc1ccc(C(=O)c2ccc(C(=O)OCCOCCOCCOC)cc2)cc1. The molecule has 0 saturated carbocycles.